The minimum absolute atomic E-state index is 0. The standard InChI is InChI=1S/C12H18N2.ClH/c1-2-4-11(5-3-1)6-7-12-10-13-8-9-14-12;/h1-5,12-14H,6-10H2;1H. The van der Waals surface area contributed by atoms with Crippen molar-refractivity contribution in [3.63, 3.8) is 0 Å². The fraction of sp³-hybridized carbons (Fsp3) is 0.500. The van der Waals surface area contributed by atoms with Gasteiger partial charge in [0.05, 0.1) is 0 Å². The lowest BCUT2D eigenvalue weighted by molar-refractivity contribution is 0.400. The molecule has 15 heavy (non-hydrogen) atoms. The van der Waals surface area contributed by atoms with Crippen LogP contribution in [0.3, 0.4) is 0 Å². The molecule has 1 heterocycles. The number of rotatable bonds is 3. The molecule has 1 aliphatic heterocycles. The lowest BCUT2D eigenvalue weighted by atomic mass is 10.0. The van der Waals surface area contributed by atoms with E-state index in [1.54, 1.807) is 0 Å². The average Bonchev–Trinajstić information content (AvgIpc) is 2.29. The van der Waals surface area contributed by atoms with Crippen molar-refractivity contribution < 1.29 is 0 Å². The van der Waals surface area contributed by atoms with Crippen molar-refractivity contribution in [2.24, 2.45) is 0 Å². The van der Waals surface area contributed by atoms with Gasteiger partial charge in [-0.05, 0) is 18.4 Å². The highest BCUT2D eigenvalue weighted by Crippen LogP contribution is 2.05. The summed E-state index contributed by atoms with van der Waals surface area (Å²) in [7, 11) is 0. The molecule has 0 saturated carbocycles. The number of hydrogen-bond donors (Lipinski definition) is 2. The summed E-state index contributed by atoms with van der Waals surface area (Å²) < 4.78 is 0. The molecule has 84 valence electrons. The predicted octanol–water partition coefficient (Wildman–Crippen LogP) is 1.60. The molecule has 0 aromatic heterocycles. The smallest absolute Gasteiger partial charge is 0.0196 e. The van der Waals surface area contributed by atoms with Gasteiger partial charge in [-0.1, -0.05) is 30.3 Å². The summed E-state index contributed by atoms with van der Waals surface area (Å²) in [6.45, 7) is 3.34. The molecule has 2 nitrogen and oxygen atoms in total. The first-order chi connectivity index (χ1) is 6.95. The van der Waals surface area contributed by atoms with E-state index in [2.05, 4.69) is 41.0 Å². The number of nitrogens with one attached hydrogen (secondary N) is 2. The Morgan fingerprint density at radius 3 is 2.60 bits per heavy atom. The molecular weight excluding hydrogens is 208 g/mol. The molecule has 1 atom stereocenters. The first kappa shape index (κ1) is 12.5. The van der Waals surface area contributed by atoms with Gasteiger partial charge in [-0.3, -0.25) is 0 Å². The van der Waals surface area contributed by atoms with Gasteiger partial charge in [-0.2, -0.15) is 0 Å². The molecule has 1 unspecified atom stereocenters. The van der Waals surface area contributed by atoms with Crippen molar-refractivity contribution in [1.82, 2.24) is 10.6 Å². The lowest BCUT2D eigenvalue weighted by Crippen LogP contribution is -2.48. The summed E-state index contributed by atoms with van der Waals surface area (Å²) in [5.74, 6) is 0. The minimum atomic E-state index is 0. The number of aryl methyl sites for hydroxylation is 1. The molecule has 0 bridgehead atoms. The Bertz CT molecular complexity index is 258. The van der Waals surface area contributed by atoms with Gasteiger partial charge in [0.2, 0.25) is 0 Å². The summed E-state index contributed by atoms with van der Waals surface area (Å²) in [5.41, 5.74) is 1.44. The van der Waals surface area contributed by atoms with Crippen LogP contribution in [0.4, 0.5) is 0 Å². The van der Waals surface area contributed by atoms with Crippen molar-refractivity contribution in [1.29, 1.82) is 0 Å². The van der Waals surface area contributed by atoms with E-state index in [-0.39, 0.29) is 12.4 Å². The van der Waals surface area contributed by atoms with Gasteiger partial charge < -0.3 is 10.6 Å². The SMILES string of the molecule is Cl.c1ccc(CCC2CNCCN2)cc1. The topological polar surface area (TPSA) is 24.1 Å². The van der Waals surface area contributed by atoms with E-state index in [4.69, 9.17) is 0 Å². The van der Waals surface area contributed by atoms with Crippen molar-refractivity contribution in [2.45, 2.75) is 18.9 Å². The van der Waals surface area contributed by atoms with Crippen molar-refractivity contribution >= 4 is 12.4 Å². The van der Waals surface area contributed by atoms with E-state index in [0.717, 1.165) is 19.6 Å². The van der Waals surface area contributed by atoms with E-state index < -0.39 is 0 Å². The zero-order valence-electron chi connectivity index (χ0n) is 8.91. The minimum Gasteiger partial charge on any atom is -0.314 e. The highest BCUT2D eigenvalue weighted by atomic mass is 35.5. The quantitative estimate of drug-likeness (QED) is 0.819. The first-order valence-electron chi connectivity index (χ1n) is 5.43. The second-order valence-electron chi connectivity index (χ2n) is 3.88. The van der Waals surface area contributed by atoms with Crippen molar-refractivity contribution in [2.75, 3.05) is 19.6 Å². The molecule has 0 amide bonds. The van der Waals surface area contributed by atoms with Crippen LogP contribution in [0.2, 0.25) is 0 Å². The lowest BCUT2D eigenvalue weighted by Gasteiger charge is -2.24. The van der Waals surface area contributed by atoms with Gasteiger partial charge in [-0.15, -0.1) is 12.4 Å². The van der Waals surface area contributed by atoms with Crippen LogP contribution in [0, 0.1) is 0 Å². The molecule has 1 aromatic rings. The molecule has 0 spiro atoms. The van der Waals surface area contributed by atoms with Crippen LogP contribution in [0.1, 0.15) is 12.0 Å². The molecule has 3 heteroatoms. The average molecular weight is 227 g/mol. The second kappa shape index (κ2) is 6.83. The second-order valence-corrected chi connectivity index (χ2v) is 3.88. The van der Waals surface area contributed by atoms with Gasteiger partial charge in [0, 0.05) is 25.7 Å². The third-order valence-corrected chi connectivity index (χ3v) is 2.75. The maximum atomic E-state index is 3.53. The zero-order chi connectivity index (χ0) is 9.64. The number of halogens is 1. The van der Waals surface area contributed by atoms with Crippen LogP contribution >= 0.6 is 12.4 Å². The van der Waals surface area contributed by atoms with Crippen LogP contribution in [-0.2, 0) is 6.42 Å². The molecule has 1 fully saturated rings. The highest BCUT2D eigenvalue weighted by Gasteiger charge is 2.10. The fourth-order valence-corrected chi connectivity index (χ4v) is 1.90. The van der Waals surface area contributed by atoms with Crippen LogP contribution in [0.25, 0.3) is 0 Å². The van der Waals surface area contributed by atoms with Crippen molar-refractivity contribution in [3.8, 4) is 0 Å². The van der Waals surface area contributed by atoms with E-state index in [1.165, 1.54) is 18.4 Å². The molecule has 1 aromatic carbocycles. The Kier molecular flexibility index (Phi) is 5.69. The van der Waals surface area contributed by atoms with Gasteiger partial charge >= 0.3 is 0 Å². The summed E-state index contributed by atoms with van der Waals surface area (Å²) in [4.78, 5) is 0. The normalized spacial score (nSPS) is 20.7. The molecule has 2 N–H and O–H groups in total. The van der Waals surface area contributed by atoms with Crippen LogP contribution < -0.4 is 10.6 Å². The van der Waals surface area contributed by atoms with Crippen molar-refractivity contribution in [3.05, 3.63) is 35.9 Å². The van der Waals surface area contributed by atoms with E-state index >= 15 is 0 Å². The van der Waals surface area contributed by atoms with Gasteiger partial charge in [-0.25, -0.2) is 0 Å². The maximum Gasteiger partial charge on any atom is 0.0196 e. The fourth-order valence-electron chi connectivity index (χ4n) is 1.90. The van der Waals surface area contributed by atoms with E-state index in [0.29, 0.717) is 6.04 Å². The zero-order valence-corrected chi connectivity index (χ0v) is 9.72. The largest absolute Gasteiger partial charge is 0.314 e. The molecule has 0 aliphatic carbocycles. The Morgan fingerprint density at radius 2 is 1.93 bits per heavy atom. The summed E-state index contributed by atoms with van der Waals surface area (Å²) in [5, 5.41) is 6.94. The Balaban J connectivity index is 0.00000112. The van der Waals surface area contributed by atoms with Gasteiger partial charge in [0.15, 0.2) is 0 Å². The first-order valence-corrected chi connectivity index (χ1v) is 5.43. The van der Waals surface area contributed by atoms with Gasteiger partial charge in [0.25, 0.3) is 0 Å². The number of piperazine rings is 1. The summed E-state index contributed by atoms with van der Waals surface area (Å²) in [6, 6.07) is 11.4. The summed E-state index contributed by atoms with van der Waals surface area (Å²) in [6.07, 6.45) is 2.41. The third-order valence-electron chi connectivity index (χ3n) is 2.75. The summed E-state index contributed by atoms with van der Waals surface area (Å²) >= 11 is 0. The molecule has 2 rings (SSSR count). The molecule has 0 radical (unpaired) electrons. The van der Waals surface area contributed by atoms with E-state index in [1.807, 2.05) is 0 Å². The van der Waals surface area contributed by atoms with Crippen LogP contribution in [0.15, 0.2) is 30.3 Å². The Labute approximate surface area is 97.9 Å². The molecular formula is C12H19ClN2. The Hall–Kier alpha value is -0.570. The maximum absolute atomic E-state index is 3.53. The molecule has 1 aliphatic rings. The van der Waals surface area contributed by atoms with Gasteiger partial charge in [0.1, 0.15) is 0 Å². The van der Waals surface area contributed by atoms with Crippen LogP contribution in [-0.4, -0.2) is 25.7 Å². The monoisotopic (exact) mass is 226 g/mol. The molecule has 1 saturated heterocycles. The highest BCUT2D eigenvalue weighted by molar-refractivity contribution is 5.85. The van der Waals surface area contributed by atoms with E-state index in [9.17, 15) is 0 Å². The number of hydrogen-bond acceptors (Lipinski definition) is 2. The third kappa shape index (κ3) is 4.20. The predicted molar refractivity (Wildman–Crippen MR) is 66.7 cm³/mol. The number of benzene rings is 1. The Morgan fingerprint density at radius 1 is 1.13 bits per heavy atom. The van der Waals surface area contributed by atoms with Crippen LogP contribution in [0.5, 0.6) is 0 Å².